The van der Waals surface area contributed by atoms with Crippen LogP contribution in [0.1, 0.15) is 35.3 Å². The van der Waals surface area contributed by atoms with Gasteiger partial charge in [-0.3, -0.25) is 14.5 Å². The zero-order chi connectivity index (χ0) is 21.7. The maximum Gasteiger partial charge on any atom is 0.227 e. The molecule has 30 heavy (non-hydrogen) atoms. The molecule has 2 aromatic carbocycles. The molecule has 2 aromatic rings. The number of aliphatic hydroxyl groups is 1. The van der Waals surface area contributed by atoms with Gasteiger partial charge in [0.1, 0.15) is 12.4 Å². The molecule has 160 valence electrons. The number of hydrogen-bond donors (Lipinski definition) is 1. The highest BCUT2D eigenvalue weighted by atomic mass is 16.5. The Morgan fingerprint density at radius 1 is 1.03 bits per heavy atom. The van der Waals surface area contributed by atoms with E-state index in [1.165, 1.54) is 0 Å². The summed E-state index contributed by atoms with van der Waals surface area (Å²) in [6.07, 6.45) is 0.335. The topological polar surface area (TPSA) is 70.1 Å². The van der Waals surface area contributed by atoms with Gasteiger partial charge < -0.3 is 14.7 Å². The molecular weight excluding hydrogens is 380 g/mol. The fraction of sp³-hybridized carbons (Fsp3) is 0.417. The molecule has 0 unspecified atom stereocenters. The largest absolute Gasteiger partial charge is 0.496 e. The highest BCUT2D eigenvalue weighted by Crippen LogP contribution is 2.22. The van der Waals surface area contributed by atoms with Crippen molar-refractivity contribution in [3.63, 3.8) is 0 Å². The molecule has 1 aliphatic heterocycles. The molecular formula is C24H30N2O4. The van der Waals surface area contributed by atoms with Gasteiger partial charge in [-0.15, -0.1) is 0 Å². The Kier molecular flexibility index (Phi) is 7.24. The number of Topliss-reactive ketones (excluding diaryl/α,β-unsaturated/α-hetero) is 1. The van der Waals surface area contributed by atoms with Crippen LogP contribution in [0.25, 0.3) is 0 Å². The Morgan fingerprint density at radius 3 is 2.40 bits per heavy atom. The third-order valence-corrected chi connectivity index (χ3v) is 5.77. The normalized spacial score (nSPS) is 19.5. The van der Waals surface area contributed by atoms with Crippen LogP contribution < -0.4 is 4.74 Å². The molecule has 1 amide bonds. The number of piperazine rings is 1. The van der Waals surface area contributed by atoms with E-state index in [1.54, 1.807) is 19.2 Å². The molecule has 0 aromatic heterocycles. The number of aliphatic hydroxyl groups excluding tert-OH is 1. The lowest BCUT2D eigenvalue weighted by Gasteiger charge is -2.44. The van der Waals surface area contributed by atoms with Crippen molar-refractivity contribution in [3.05, 3.63) is 65.2 Å². The first kappa shape index (κ1) is 22.0. The Hall–Kier alpha value is -2.70. The molecule has 0 spiro atoms. The summed E-state index contributed by atoms with van der Waals surface area (Å²) in [6.45, 7) is 5.97. The molecule has 6 nitrogen and oxygen atoms in total. The van der Waals surface area contributed by atoms with Crippen LogP contribution in [0.15, 0.2) is 48.5 Å². The summed E-state index contributed by atoms with van der Waals surface area (Å²) >= 11 is 0. The first-order valence-corrected chi connectivity index (χ1v) is 10.3. The molecule has 2 atom stereocenters. The second-order valence-electron chi connectivity index (χ2n) is 7.94. The van der Waals surface area contributed by atoms with E-state index in [-0.39, 0.29) is 23.8 Å². The molecule has 1 N–H and O–H groups in total. The smallest absolute Gasteiger partial charge is 0.227 e. The zero-order valence-electron chi connectivity index (χ0n) is 17.9. The number of methoxy groups -OCH3 is 1. The van der Waals surface area contributed by atoms with Crippen LogP contribution >= 0.6 is 0 Å². The summed E-state index contributed by atoms with van der Waals surface area (Å²) in [7, 11) is 1.62. The molecule has 0 radical (unpaired) electrons. The van der Waals surface area contributed by atoms with Gasteiger partial charge in [-0.2, -0.15) is 0 Å². The minimum Gasteiger partial charge on any atom is -0.496 e. The Balaban J connectivity index is 1.62. The van der Waals surface area contributed by atoms with Crippen LogP contribution in [-0.4, -0.2) is 65.5 Å². The number of rotatable bonds is 7. The number of ether oxygens (including phenoxy) is 1. The maximum absolute atomic E-state index is 13.0. The van der Waals surface area contributed by atoms with Gasteiger partial charge in [-0.25, -0.2) is 0 Å². The number of nitrogens with zero attached hydrogens (tertiary/aromatic N) is 2. The van der Waals surface area contributed by atoms with Crippen LogP contribution in [0.5, 0.6) is 5.75 Å². The average molecular weight is 411 g/mol. The molecule has 0 saturated carbocycles. The lowest BCUT2D eigenvalue weighted by molar-refractivity contribution is -0.136. The van der Waals surface area contributed by atoms with E-state index in [9.17, 15) is 9.59 Å². The summed E-state index contributed by atoms with van der Waals surface area (Å²) in [5.41, 5.74) is 2.54. The van der Waals surface area contributed by atoms with Crippen molar-refractivity contribution in [2.75, 3.05) is 26.8 Å². The molecule has 0 aliphatic carbocycles. The van der Waals surface area contributed by atoms with Crippen molar-refractivity contribution < 1.29 is 19.4 Å². The number of ketones is 1. The summed E-state index contributed by atoms with van der Waals surface area (Å²) in [5, 5.41) is 8.98. The van der Waals surface area contributed by atoms with Gasteiger partial charge >= 0.3 is 0 Å². The number of benzene rings is 2. The van der Waals surface area contributed by atoms with Gasteiger partial charge in [0.25, 0.3) is 0 Å². The molecule has 3 rings (SSSR count). The lowest BCUT2D eigenvalue weighted by atomic mass is 10.0. The van der Waals surface area contributed by atoms with Crippen LogP contribution in [0, 0.1) is 0 Å². The van der Waals surface area contributed by atoms with Gasteiger partial charge in [-0.05, 0) is 25.5 Å². The van der Waals surface area contributed by atoms with Gasteiger partial charge in [0, 0.05) is 42.8 Å². The van der Waals surface area contributed by atoms with Crippen molar-refractivity contribution in [2.45, 2.75) is 38.9 Å². The van der Waals surface area contributed by atoms with Gasteiger partial charge in [-0.1, -0.05) is 42.5 Å². The van der Waals surface area contributed by atoms with Gasteiger partial charge in [0.15, 0.2) is 5.78 Å². The fourth-order valence-electron chi connectivity index (χ4n) is 4.00. The van der Waals surface area contributed by atoms with Crippen molar-refractivity contribution in [1.29, 1.82) is 0 Å². The summed E-state index contributed by atoms with van der Waals surface area (Å²) in [6, 6.07) is 15.4. The number of amides is 1. The third kappa shape index (κ3) is 5.07. The van der Waals surface area contributed by atoms with Crippen LogP contribution in [0.4, 0.5) is 0 Å². The molecule has 1 aliphatic rings. The maximum atomic E-state index is 13.0. The van der Waals surface area contributed by atoms with Crippen molar-refractivity contribution in [2.24, 2.45) is 0 Å². The predicted molar refractivity (Wildman–Crippen MR) is 116 cm³/mol. The quantitative estimate of drug-likeness (QED) is 0.711. The summed E-state index contributed by atoms with van der Waals surface area (Å²) in [4.78, 5) is 28.9. The van der Waals surface area contributed by atoms with Crippen LogP contribution in [0.3, 0.4) is 0 Å². The minimum absolute atomic E-state index is 0.110. The van der Waals surface area contributed by atoms with E-state index < -0.39 is 6.61 Å². The first-order valence-electron chi connectivity index (χ1n) is 10.3. The van der Waals surface area contributed by atoms with Crippen LogP contribution in [0.2, 0.25) is 0 Å². The van der Waals surface area contributed by atoms with Crippen molar-refractivity contribution in [3.8, 4) is 5.75 Å². The zero-order valence-corrected chi connectivity index (χ0v) is 17.9. The minimum atomic E-state index is -0.473. The number of carbonyl (C=O) groups excluding carboxylic acids is 2. The number of para-hydroxylation sites is 1. The standard InChI is InChI=1S/C24H30N2O4/c1-17-14-26(24(29)12-21-6-4-5-7-23(21)30-3)18(2)13-25(17)15-19-8-10-20(11-9-19)22(28)16-27/h4-11,17-18,27H,12-16H2,1-3H3/t17-,18-/m0/s1. The second-order valence-corrected chi connectivity index (χ2v) is 7.94. The number of hydrogen-bond acceptors (Lipinski definition) is 5. The fourth-order valence-corrected chi connectivity index (χ4v) is 4.00. The van der Waals surface area contributed by atoms with Crippen molar-refractivity contribution in [1.82, 2.24) is 9.80 Å². The highest BCUT2D eigenvalue weighted by Gasteiger charge is 2.32. The number of carbonyl (C=O) groups is 2. The van der Waals surface area contributed by atoms with E-state index in [0.29, 0.717) is 18.5 Å². The molecule has 0 bridgehead atoms. The van der Waals surface area contributed by atoms with E-state index in [1.807, 2.05) is 41.3 Å². The molecule has 1 saturated heterocycles. The lowest BCUT2D eigenvalue weighted by Crippen LogP contribution is -2.57. The van der Waals surface area contributed by atoms with E-state index in [2.05, 4.69) is 18.7 Å². The van der Waals surface area contributed by atoms with E-state index in [4.69, 9.17) is 9.84 Å². The second kappa shape index (κ2) is 9.87. The average Bonchev–Trinajstić information content (AvgIpc) is 2.76. The van der Waals surface area contributed by atoms with Crippen molar-refractivity contribution >= 4 is 11.7 Å². The Morgan fingerprint density at radius 2 is 1.73 bits per heavy atom. The van der Waals surface area contributed by atoms with Crippen LogP contribution in [-0.2, 0) is 17.8 Å². The first-order chi connectivity index (χ1) is 14.4. The Bertz CT molecular complexity index is 881. The monoisotopic (exact) mass is 410 g/mol. The van der Waals surface area contributed by atoms with E-state index in [0.717, 1.165) is 30.0 Å². The molecule has 1 heterocycles. The molecule has 6 heteroatoms. The predicted octanol–water partition coefficient (Wildman–Crippen LogP) is 2.53. The SMILES string of the molecule is COc1ccccc1CC(=O)N1C[C@H](C)N(Cc2ccc(C(=O)CO)cc2)C[C@@H]1C. The Labute approximate surface area is 178 Å². The third-order valence-electron chi connectivity index (χ3n) is 5.77. The summed E-state index contributed by atoms with van der Waals surface area (Å²) < 4.78 is 5.38. The summed E-state index contributed by atoms with van der Waals surface area (Å²) in [5.74, 6) is 0.587. The molecule has 1 fully saturated rings. The van der Waals surface area contributed by atoms with Gasteiger partial charge in [0.2, 0.25) is 5.91 Å². The highest BCUT2D eigenvalue weighted by molar-refractivity contribution is 5.96. The van der Waals surface area contributed by atoms with Gasteiger partial charge in [0.05, 0.1) is 13.5 Å². The van der Waals surface area contributed by atoms with E-state index >= 15 is 0 Å².